The molecule has 7 heteroatoms. The molecule has 0 spiro atoms. The highest BCUT2D eigenvalue weighted by Crippen LogP contribution is 2.20. The van der Waals surface area contributed by atoms with Crippen molar-refractivity contribution >= 4 is 21.5 Å². The molecule has 0 bridgehead atoms. The fourth-order valence-electron chi connectivity index (χ4n) is 1.67. The maximum Gasteiger partial charge on any atom is 0.264 e. The minimum absolute atomic E-state index is 0.142. The van der Waals surface area contributed by atoms with Crippen LogP contribution in [0.3, 0.4) is 0 Å². The standard InChI is InChI=1S/C14H11F2NO3S/c1-9(18)10-2-5-12(6-3-10)17-21(19,20)14-8-11(15)4-7-13(14)16/h2-8,17H,1H3. The van der Waals surface area contributed by atoms with Gasteiger partial charge in [-0.2, -0.15) is 0 Å². The Labute approximate surface area is 120 Å². The van der Waals surface area contributed by atoms with Gasteiger partial charge in [-0.3, -0.25) is 9.52 Å². The summed E-state index contributed by atoms with van der Waals surface area (Å²) in [6.45, 7) is 1.38. The van der Waals surface area contributed by atoms with E-state index in [1.54, 1.807) is 0 Å². The number of carbonyl (C=O) groups is 1. The normalized spacial score (nSPS) is 11.2. The SMILES string of the molecule is CC(=O)c1ccc(NS(=O)(=O)c2cc(F)ccc2F)cc1. The minimum atomic E-state index is -4.25. The maximum atomic E-state index is 13.5. The molecule has 0 aliphatic rings. The van der Waals surface area contributed by atoms with E-state index in [1.165, 1.54) is 31.2 Å². The van der Waals surface area contributed by atoms with E-state index in [-0.39, 0.29) is 11.5 Å². The van der Waals surface area contributed by atoms with E-state index in [1.807, 2.05) is 0 Å². The molecule has 1 N–H and O–H groups in total. The van der Waals surface area contributed by atoms with Gasteiger partial charge in [-0.15, -0.1) is 0 Å². The quantitative estimate of drug-likeness (QED) is 0.883. The molecule has 0 aliphatic carbocycles. The molecular weight excluding hydrogens is 300 g/mol. The number of halogens is 2. The lowest BCUT2D eigenvalue weighted by Crippen LogP contribution is -2.15. The highest BCUT2D eigenvalue weighted by atomic mass is 32.2. The molecule has 0 aromatic heterocycles. The first kappa shape index (κ1) is 15.1. The number of sulfonamides is 1. The number of ketones is 1. The molecule has 2 rings (SSSR count). The molecule has 21 heavy (non-hydrogen) atoms. The number of hydrogen-bond donors (Lipinski definition) is 1. The Kier molecular flexibility index (Phi) is 4.04. The van der Waals surface area contributed by atoms with Crippen molar-refractivity contribution in [3.8, 4) is 0 Å². The van der Waals surface area contributed by atoms with Crippen LogP contribution in [0.5, 0.6) is 0 Å². The van der Waals surface area contributed by atoms with Crippen LogP contribution in [0.15, 0.2) is 47.4 Å². The molecule has 0 unspecified atom stereocenters. The monoisotopic (exact) mass is 311 g/mol. The lowest BCUT2D eigenvalue weighted by molar-refractivity contribution is 0.101. The summed E-state index contributed by atoms with van der Waals surface area (Å²) in [6, 6.07) is 7.77. The van der Waals surface area contributed by atoms with Crippen LogP contribution in [0.2, 0.25) is 0 Å². The fourth-order valence-corrected chi connectivity index (χ4v) is 2.82. The van der Waals surface area contributed by atoms with Crippen molar-refractivity contribution in [2.45, 2.75) is 11.8 Å². The van der Waals surface area contributed by atoms with Gasteiger partial charge in [-0.1, -0.05) is 0 Å². The average Bonchev–Trinajstić information content (AvgIpc) is 2.41. The molecule has 110 valence electrons. The van der Waals surface area contributed by atoms with Crippen LogP contribution in [0.25, 0.3) is 0 Å². The van der Waals surface area contributed by atoms with Gasteiger partial charge in [-0.05, 0) is 49.4 Å². The lowest BCUT2D eigenvalue weighted by atomic mass is 10.1. The van der Waals surface area contributed by atoms with Crippen molar-refractivity contribution < 1.29 is 22.0 Å². The zero-order valence-electron chi connectivity index (χ0n) is 10.9. The van der Waals surface area contributed by atoms with Crippen molar-refractivity contribution in [2.75, 3.05) is 4.72 Å². The summed E-state index contributed by atoms with van der Waals surface area (Å²) in [5.41, 5.74) is 0.554. The van der Waals surface area contributed by atoms with Gasteiger partial charge < -0.3 is 0 Å². The van der Waals surface area contributed by atoms with E-state index in [0.717, 1.165) is 12.1 Å². The second-order valence-corrected chi connectivity index (χ2v) is 5.96. The number of nitrogens with one attached hydrogen (secondary N) is 1. The zero-order chi connectivity index (χ0) is 15.6. The van der Waals surface area contributed by atoms with E-state index >= 15 is 0 Å². The molecule has 0 radical (unpaired) electrons. The van der Waals surface area contributed by atoms with E-state index in [0.29, 0.717) is 11.6 Å². The number of rotatable bonds is 4. The average molecular weight is 311 g/mol. The summed E-state index contributed by atoms with van der Waals surface area (Å²) in [6.07, 6.45) is 0. The predicted octanol–water partition coefficient (Wildman–Crippen LogP) is 2.97. The van der Waals surface area contributed by atoms with Crippen LogP contribution in [-0.4, -0.2) is 14.2 Å². The van der Waals surface area contributed by atoms with Crippen LogP contribution in [0.4, 0.5) is 14.5 Å². The number of anilines is 1. The summed E-state index contributed by atoms with van der Waals surface area (Å²) in [5, 5.41) is 0. The van der Waals surface area contributed by atoms with Gasteiger partial charge in [0.25, 0.3) is 10.0 Å². The highest BCUT2D eigenvalue weighted by molar-refractivity contribution is 7.92. The Morgan fingerprint density at radius 1 is 1.05 bits per heavy atom. The molecule has 0 heterocycles. The first-order valence-corrected chi connectivity index (χ1v) is 7.37. The van der Waals surface area contributed by atoms with Gasteiger partial charge in [0.05, 0.1) is 0 Å². The smallest absolute Gasteiger partial charge is 0.264 e. The Bertz CT molecular complexity index is 786. The molecule has 2 aromatic carbocycles. The Hall–Kier alpha value is -2.28. The van der Waals surface area contributed by atoms with Crippen LogP contribution >= 0.6 is 0 Å². The Balaban J connectivity index is 2.33. The van der Waals surface area contributed by atoms with Gasteiger partial charge in [0.2, 0.25) is 0 Å². The highest BCUT2D eigenvalue weighted by Gasteiger charge is 2.20. The third kappa shape index (κ3) is 3.43. The molecular formula is C14H11F2NO3S. The third-order valence-corrected chi connectivity index (χ3v) is 4.12. The molecule has 2 aromatic rings. The second-order valence-electron chi connectivity index (χ2n) is 4.31. The molecule has 0 aliphatic heterocycles. The van der Waals surface area contributed by atoms with E-state index in [4.69, 9.17) is 0 Å². The fraction of sp³-hybridized carbons (Fsp3) is 0.0714. The number of carbonyl (C=O) groups excluding carboxylic acids is 1. The third-order valence-electron chi connectivity index (χ3n) is 2.73. The molecule has 0 saturated heterocycles. The van der Waals surface area contributed by atoms with Crippen molar-refractivity contribution in [1.29, 1.82) is 0 Å². The van der Waals surface area contributed by atoms with E-state index in [9.17, 15) is 22.0 Å². The van der Waals surface area contributed by atoms with Crippen LogP contribution < -0.4 is 4.72 Å². The van der Waals surface area contributed by atoms with Crippen molar-refractivity contribution in [3.05, 3.63) is 59.7 Å². The maximum absolute atomic E-state index is 13.5. The summed E-state index contributed by atoms with van der Waals surface area (Å²) in [4.78, 5) is 10.3. The van der Waals surface area contributed by atoms with Gasteiger partial charge in [0.1, 0.15) is 16.5 Å². The minimum Gasteiger partial charge on any atom is -0.295 e. The summed E-state index contributed by atoms with van der Waals surface area (Å²) < 4.78 is 52.7. The predicted molar refractivity (Wildman–Crippen MR) is 73.6 cm³/mol. The number of hydrogen-bond acceptors (Lipinski definition) is 3. The molecule has 4 nitrogen and oxygen atoms in total. The molecule has 0 amide bonds. The summed E-state index contributed by atoms with van der Waals surface area (Å²) in [7, 11) is -4.25. The van der Waals surface area contributed by atoms with Gasteiger partial charge >= 0.3 is 0 Å². The van der Waals surface area contributed by atoms with Gasteiger partial charge in [0.15, 0.2) is 5.78 Å². The van der Waals surface area contributed by atoms with Crippen LogP contribution in [0.1, 0.15) is 17.3 Å². The largest absolute Gasteiger partial charge is 0.295 e. The lowest BCUT2D eigenvalue weighted by Gasteiger charge is -2.09. The van der Waals surface area contributed by atoms with Crippen molar-refractivity contribution in [2.24, 2.45) is 0 Å². The Morgan fingerprint density at radius 2 is 1.67 bits per heavy atom. The number of benzene rings is 2. The van der Waals surface area contributed by atoms with Crippen LogP contribution in [-0.2, 0) is 10.0 Å². The van der Waals surface area contributed by atoms with Gasteiger partial charge in [0, 0.05) is 11.3 Å². The topological polar surface area (TPSA) is 63.2 Å². The Morgan fingerprint density at radius 3 is 2.24 bits per heavy atom. The molecule has 0 atom stereocenters. The summed E-state index contributed by atoms with van der Waals surface area (Å²) >= 11 is 0. The van der Waals surface area contributed by atoms with E-state index < -0.39 is 26.6 Å². The molecule has 0 saturated carbocycles. The second kappa shape index (κ2) is 5.61. The van der Waals surface area contributed by atoms with Crippen LogP contribution in [0, 0.1) is 11.6 Å². The number of Topliss-reactive ketones (excluding diaryl/α,β-unsaturated/α-hetero) is 1. The van der Waals surface area contributed by atoms with Crippen molar-refractivity contribution in [3.63, 3.8) is 0 Å². The van der Waals surface area contributed by atoms with Crippen molar-refractivity contribution in [1.82, 2.24) is 0 Å². The zero-order valence-corrected chi connectivity index (χ0v) is 11.7. The first-order chi connectivity index (χ1) is 9.79. The van der Waals surface area contributed by atoms with Gasteiger partial charge in [-0.25, -0.2) is 17.2 Å². The first-order valence-electron chi connectivity index (χ1n) is 5.88. The summed E-state index contributed by atoms with van der Waals surface area (Å²) in [5.74, 6) is -2.08. The molecule has 0 fully saturated rings. The van der Waals surface area contributed by atoms with E-state index in [2.05, 4.69) is 4.72 Å².